The van der Waals surface area contributed by atoms with Crippen molar-refractivity contribution in [3.8, 4) is 0 Å². The van der Waals surface area contributed by atoms with Crippen LogP contribution in [-0.2, 0) is 25.2 Å². The van der Waals surface area contributed by atoms with Gasteiger partial charge >= 0.3 is 12.1 Å². The molecule has 1 heterocycles. The first-order valence-corrected chi connectivity index (χ1v) is 18.4. The lowest BCUT2D eigenvalue weighted by Gasteiger charge is -2.29. The van der Waals surface area contributed by atoms with Gasteiger partial charge in [0.2, 0.25) is 0 Å². The van der Waals surface area contributed by atoms with Crippen molar-refractivity contribution in [3.63, 3.8) is 0 Å². The highest BCUT2D eigenvalue weighted by Gasteiger charge is 2.30. The molecule has 0 aromatic heterocycles. The molecule has 1 saturated heterocycles. The zero-order valence-corrected chi connectivity index (χ0v) is 31.6. The van der Waals surface area contributed by atoms with Crippen LogP contribution in [-0.4, -0.2) is 112 Å². The fourth-order valence-corrected chi connectivity index (χ4v) is 5.62. The number of nitrogens with one attached hydrogen (secondary N) is 1. The number of hydrogen-bond acceptors (Lipinski definition) is 9. The van der Waals surface area contributed by atoms with E-state index in [1.54, 1.807) is 37.4 Å². The lowest BCUT2D eigenvalue weighted by molar-refractivity contribution is -0.139. The molecule has 0 atom stereocenters. The monoisotopic (exact) mass is 796 g/mol. The van der Waals surface area contributed by atoms with Gasteiger partial charge in [-0.15, -0.1) is 0 Å². The molecule has 57 heavy (non-hydrogen) atoms. The van der Waals surface area contributed by atoms with E-state index in [9.17, 15) is 32.3 Å². The summed E-state index contributed by atoms with van der Waals surface area (Å²) in [6.07, 6.45) is -0.391. The van der Waals surface area contributed by atoms with Crippen LogP contribution in [0.25, 0.3) is 0 Å². The van der Waals surface area contributed by atoms with Crippen molar-refractivity contribution in [3.05, 3.63) is 89.0 Å². The number of benzene rings is 3. The van der Waals surface area contributed by atoms with Crippen LogP contribution in [0.15, 0.2) is 76.7 Å². The predicted octanol–water partition coefficient (Wildman–Crippen LogP) is 5.83. The molecule has 1 fully saturated rings. The molecular weight excluding hydrogens is 749 g/mol. The Labute approximate surface area is 328 Å². The lowest BCUT2D eigenvalue weighted by Crippen LogP contribution is -2.30. The normalized spacial score (nSPS) is 13.5. The van der Waals surface area contributed by atoms with Gasteiger partial charge in [-0.05, 0) is 73.9 Å². The number of carbonyl (C=O) groups excluding carboxylic acids is 3. The quantitative estimate of drug-likeness (QED) is 0.0714. The van der Waals surface area contributed by atoms with Gasteiger partial charge < -0.3 is 40.2 Å². The van der Waals surface area contributed by atoms with Gasteiger partial charge in [-0.3, -0.25) is 24.2 Å². The first-order valence-electron chi connectivity index (χ1n) is 18.4. The molecule has 0 bridgehead atoms. The second-order valence-corrected chi connectivity index (χ2v) is 13.0. The summed E-state index contributed by atoms with van der Waals surface area (Å²) in [7, 11) is 1.61. The van der Waals surface area contributed by atoms with Gasteiger partial charge in [0.25, 0.3) is 17.7 Å². The Morgan fingerprint density at radius 1 is 0.877 bits per heavy atom. The maximum atomic E-state index is 13.6. The van der Waals surface area contributed by atoms with Crippen molar-refractivity contribution < 1.29 is 51.7 Å². The molecule has 17 heteroatoms. The molecule has 1 aliphatic heterocycles. The van der Waals surface area contributed by atoms with Gasteiger partial charge in [0.15, 0.2) is 0 Å². The summed E-state index contributed by atoms with van der Waals surface area (Å²) in [4.78, 5) is 62.4. The molecule has 0 spiro atoms. The average molecular weight is 797 g/mol. The summed E-state index contributed by atoms with van der Waals surface area (Å²) in [5, 5.41) is 11.4. The van der Waals surface area contributed by atoms with E-state index in [0.29, 0.717) is 13.2 Å². The molecule has 4 rings (SSSR count). The van der Waals surface area contributed by atoms with Gasteiger partial charge in [-0.1, -0.05) is 12.1 Å². The largest absolute Gasteiger partial charge is 0.481 e. The molecular formula is C40H47F3N6O8. The minimum Gasteiger partial charge on any atom is -0.481 e. The number of amidine groups is 1. The SMILES string of the molecule is CN(CCOCCOCCOCCC(=O)O)C(=O)c1cccc(C(=O)Nc2ccc(N3CCCCC3)cc2C(=O)N=C(N)CC=Nc2cccc(C(F)(F)F)c2)c1. The molecule has 4 N–H and O–H groups in total. The maximum Gasteiger partial charge on any atom is 0.416 e. The van der Waals surface area contributed by atoms with Crippen LogP contribution >= 0.6 is 0 Å². The Morgan fingerprint density at radius 3 is 2.25 bits per heavy atom. The number of hydrogen-bond donors (Lipinski definition) is 3. The molecule has 1 aliphatic rings. The van der Waals surface area contributed by atoms with E-state index in [1.165, 1.54) is 35.4 Å². The van der Waals surface area contributed by atoms with Crippen molar-refractivity contribution in [1.29, 1.82) is 0 Å². The number of halogens is 3. The smallest absolute Gasteiger partial charge is 0.416 e. The van der Waals surface area contributed by atoms with E-state index in [0.717, 1.165) is 50.2 Å². The van der Waals surface area contributed by atoms with E-state index in [-0.39, 0.29) is 85.6 Å². The number of anilines is 2. The Hall–Kier alpha value is -5.65. The standard InChI is InChI=1S/C40H47F3N6O8/c1-48(18-20-56-22-24-57-23-21-55-19-14-36(50)51)39(54)29-8-5-7-28(25-29)37(52)46-34-12-11-32(49-16-3-2-4-17-49)27-33(34)38(53)47-35(44)13-15-45-31-10-6-9-30(26-31)40(41,42)43/h5-12,15,25-27H,2-4,13-14,16-24H2,1H3,(H,46,52)(H,50,51)(H2,44,47,53). The number of aliphatic carboxylic acids is 1. The minimum absolute atomic E-state index is 0.0591. The number of rotatable bonds is 20. The number of amides is 3. The first-order chi connectivity index (χ1) is 27.3. The topological polar surface area (TPSA) is 185 Å². The third-order valence-electron chi connectivity index (χ3n) is 8.66. The second kappa shape index (κ2) is 22.2. The van der Waals surface area contributed by atoms with Gasteiger partial charge in [0.1, 0.15) is 5.84 Å². The van der Waals surface area contributed by atoms with Crippen molar-refractivity contribution >= 4 is 52.8 Å². The number of likely N-dealkylation sites (N-methyl/N-ethyl adjacent to an activating group) is 1. The molecule has 0 aliphatic carbocycles. The van der Waals surface area contributed by atoms with E-state index in [2.05, 4.69) is 20.2 Å². The number of piperidine rings is 1. The third kappa shape index (κ3) is 14.7. The van der Waals surface area contributed by atoms with Crippen molar-refractivity contribution in [1.82, 2.24) is 4.90 Å². The van der Waals surface area contributed by atoms with E-state index in [4.69, 9.17) is 25.1 Å². The highest BCUT2D eigenvalue weighted by molar-refractivity contribution is 6.13. The molecule has 3 aromatic carbocycles. The summed E-state index contributed by atoms with van der Waals surface area (Å²) in [6, 6.07) is 15.7. The number of carboxylic acids is 1. The molecule has 0 radical (unpaired) electrons. The number of nitrogens with two attached hydrogens (primary N) is 1. The van der Waals surface area contributed by atoms with Crippen LogP contribution < -0.4 is 16.0 Å². The van der Waals surface area contributed by atoms with Crippen LogP contribution in [0.1, 0.15) is 68.7 Å². The number of nitrogens with zero attached hydrogens (tertiary/aromatic N) is 4. The van der Waals surface area contributed by atoms with E-state index >= 15 is 0 Å². The van der Waals surface area contributed by atoms with Crippen molar-refractivity contribution in [2.75, 3.05) is 76.5 Å². The van der Waals surface area contributed by atoms with Gasteiger partial charge in [0.05, 0.1) is 68.6 Å². The van der Waals surface area contributed by atoms with Crippen LogP contribution in [0.4, 0.5) is 30.2 Å². The summed E-state index contributed by atoms with van der Waals surface area (Å²) < 4.78 is 55.3. The summed E-state index contributed by atoms with van der Waals surface area (Å²) in [5.41, 5.74) is 6.69. The fourth-order valence-electron chi connectivity index (χ4n) is 5.62. The third-order valence-corrected chi connectivity index (χ3v) is 8.66. The number of carbonyl (C=O) groups is 4. The second-order valence-electron chi connectivity index (χ2n) is 13.0. The molecule has 306 valence electrons. The summed E-state index contributed by atoms with van der Waals surface area (Å²) in [6.45, 7) is 3.35. The van der Waals surface area contributed by atoms with Gasteiger partial charge in [-0.25, -0.2) is 0 Å². The van der Waals surface area contributed by atoms with Crippen LogP contribution in [0, 0.1) is 0 Å². The Morgan fingerprint density at radius 2 is 1.54 bits per heavy atom. The Kier molecular flexibility index (Phi) is 17.2. The fraction of sp³-hybridized carbons (Fsp3) is 0.400. The molecule has 0 saturated carbocycles. The van der Waals surface area contributed by atoms with Crippen molar-refractivity contribution in [2.45, 2.75) is 38.3 Å². The number of ether oxygens (including phenoxy) is 3. The van der Waals surface area contributed by atoms with Crippen molar-refractivity contribution in [2.24, 2.45) is 15.7 Å². The van der Waals surface area contributed by atoms with Crippen LogP contribution in [0.2, 0.25) is 0 Å². The number of aliphatic imine (C=N–C) groups is 2. The average Bonchev–Trinajstić information content (AvgIpc) is 3.19. The van der Waals surface area contributed by atoms with Crippen LogP contribution in [0.3, 0.4) is 0 Å². The van der Waals surface area contributed by atoms with E-state index < -0.39 is 29.5 Å². The molecule has 3 aromatic rings. The van der Waals surface area contributed by atoms with Gasteiger partial charge in [0, 0.05) is 56.1 Å². The zero-order chi connectivity index (χ0) is 41.2. The predicted molar refractivity (Wildman–Crippen MR) is 209 cm³/mol. The highest BCUT2D eigenvalue weighted by Crippen LogP contribution is 2.31. The number of alkyl halides is 3. The summed E-state index contributed by atoms with van der Waals surface area (Å²) in [5.74, 6) is -2.73. The maximum absolute atomic E-state index is 13.6. The van der Waals surface area contributed by atoms with E-state index in [1.807, 2.05) is 0 Å². The number of carboxylic acid groups (broad SMARTS) is 1. The summed E-state index contributed by atoms with van der Waals surface area (Å²) >= 11 is 0. The minimum atomic E-state index is -4.52. The molecule has 3 amide bonds. The zero-order valence-electron chi connectivity index (χ0n) is 31.6. The Bertz CT molecular complexity index is 1900. The van der Waals surface area contributed by atoms with Crippen LogP contribution in [0.5, 0.6) is 0 Å². The van der Waals surface area contributed by atoms with Gasteiger partial charge in [-0.2, -0.15) is 18.2 Å². The lowest BCUT2D eigenvalue weighted by atomic mass is 10.1. The molecule has 0 unspecified atom stereocenters. The highest BCUT2D eigenvalue weighted by atomic mass is 19.4. The first kappa shape index (κ1) is 44.1. The Balaban J connectivity index is 1.37. The molecule has 14 nitrogen and oxygen atoms in total.